The molecule has 1 amide bonds. The van der Waals surface area contributed by atoms with E-state index < -0.39 is 0 Å². The van der Waals surface area contributed by atoms with E-state index in [1.54, 1.807) is 11.3 Å². The van der Waals surface area contributed by atoms with Crippen molar-refractivity contribution in [2.75, 3.05) is 5.32 Å². The maximum atomic E-state index is 12.7. The minimum Gasteiger partial charge on any atom is -0.353 e. The summed E-state index contributed by atoms with van der Waals surface area (Å²) in [6.07, 6.45) is 4.45. The van der Waals surface area contributed by atoms with Crippen molar-refractivity contribution in [1.82, 2.24) is 5.32 Å². The Bertz CT molecular complexity index is 753. The Balaban J connectivity index is 1.66. The third-order valence-electron chi connectivity index (χ3n) is 4.93. The number of rotatable bonds is 2. The van der Waals surface area contributed by atoms with Crippen LogP contribution in [-0.4, -0.2) is 5.91 Å². The van der Waals surface area contributed by atoms with E-state index in [1.165, 1.54) is 23.3 Å². The molecule has 1 aromatic heterocycles. The number of carbonyl (C=O) groups excluding carboxylic acids is 1. The second-order valence-corrected chi connectivity index (χ2v) is 8.35. The summed E-state index contributed by atoms with van der Waals surface area (Å²) in [5.74, 6) is 0.840. The van der Waals surface area contributed by atoms with Gasteiger partial charge in [0.05, 0.1) is 5.56 Å². The van der Waals surface area contributed by atoms with Crippen LogP contribution in [0.2, 0.25) is 0 Å². The summed E-state index contributed by atoms with van der Waals surface area (Å²) in [6, 6.07) is 8.08. The SMILES string of the molecule is CCC1CCc2c(sc3c2C(=O)NC(c2ccc(Br)cc2)N3)C1. The average Bonchev–Trinajstić information content (AvgIpc) is 2.93. The van der Waals surface area contributed by atoms with Crippen LogP contribution in [-0.2, 0) is 12.8 Å². The number of benzene rings is 1. The molecule has 2 atom stereocenters. The molecule has 2 unspecified atom stereocenters. The highest BCUT2D eigenvalue weighted by molar-refractivity contribution is 9.10. The molecule has 2 aliphatic rings. The van der Waals surface area contributed by atoms with Crippen molar-refractivity contribution in [2.24, 2.45) is 5.92 Å². The fraction of sp³-hybridized carbons (Fsp3) is 0.389. The van der Waals surface area contributed by atoms with E-state index in [2.05, 4.69) is 33.5 Å². The van der Waals surface area contributed by atoms with Gasteiger partial charge in [-0.1, -0.05) is 41.4 Å². The first-order valence-electron chi connectivity index (χ1n) is 8.13. The third-order valence-corrected chi connectivity index (χ3v) is 6.64. The highest BCUT2D eigenvalue weighted by Gasteiger charge is 2.33. The smallest absolute Gasteiger partial charge is 0.256 e. The second-order valence-electron chi connectivity index (χ2n) is 6.33. The monoisotopic (exact) mass is 390 g/mol. The van der Waals surface area contributed by atoms with Crippen LogP contribution in [0.1, 0.15) is 52.3 Å². The number of hydrogen-bond donors (Lipinski definition) is 2. The molecule has 0 spiro atoms. The molecule has 23 heavy (non-hydrogen) atoms. The molecular weight excluding hydrogens is 372 g/mol. The predicted molar refractivity (Wildman–Crippen MR) is 98.1 cm³/mol. The number of anilines is 1. The van der Waals surface area contributed by atoms with Crippen LogP contribution >= 0.6 is 27.3 Å². The molecule has 5 heteroatoms. The summed E-state index contributed by atoms with van der Waals surface area (Å²) in [6.45, 7) is 2.26. The van der Waals surface area contributed by atoms with Crippen molar-refractivity contribution in [3.63, 3.8) is 0 Å². The van der Waals surface area contributed by atoms with Gasteiger partial charge in [0, 0.05) is 9.35 Å². The Morgan fingerprint density at radius 3 is 2.78 bits per heavy atom. The van der Waals surface area contributed by atoms with Gasteiger partial charge in [-0.15, -0.1) is 11.3 Å². The normalized spacial score (nSPS) is 22.8. The van der Waals surface area contributed by atoms with Gasteiger partial charge >= 0.3 is 0 Å². The van der Waals surface area contributed by atoms with E-state index >= 15 is 0 Å². The molecule has 0 saturated heterocycles. The molecule has 0 radical (unpaired) electrons. The molecule has 1 aliphatic heterocycles. The van der Waals surface area contributed by atoms with Gasteiger partial charge in [0.25, 0.3) is 5.91 Å². The predicted octanol–water partition coefficient (Wildman–Crippen LogP) is 4.88. The van der Waals surface area contributed by atoms with Gasteiger partial charge in [-0.25, -0.2) is 0 Å². The molecule has 2 heterocycles. The molecule has 1 aromatic carbocycles. The minimum absolute atomic E-state index is 0.0686. The molecule has 4 rings (SSSR count). The molecule has 0 fully saturated rings. The Labute approximate surface area is 148 Å². The van der Waals surface area contributed by atoms with Crippen LogP contribution in [0.25, 0.3) is 0 Å². The van der Waals surface area contributed by atoms with Gasteiger partial charge in [-0.05, 0) is 48.4 Å². The lowest BCUT2D eigenvalue weighted by atomic mass is 9.85. The van der Waals surface area contributed by atoms with Gasteiger partial charge in [-0.3, -0.25) is 4.79 Å². The van der Waals surface area contributed by atoms with Crippen molar-refractivity contribution in [3.05, 3.63) is 50.3 Å². The highest BCUT2D eigenvalue weighted by atomic mass is 79.9. The molecule has 1 aliphatic carbocycles. The average molecular weight is 391 g/mol. The Kier molecular flexibility index (Phi) is 3.93. The Hall–Kier alpha value is -1.33. The Morgan fingerprint density at radius 1 is 1.26 bits per heavy atom. The maximum absolute atomic E-state index is 12.7. The van der Waals surface area contributed by atoms with E-state index in [1.807, 2.05) is 24.3 Å². The number of hydrogen-bond acceptors (Lipinski definition) is 3. The largest absolute Gasteiger partial charge is 0.353 e. The lowest BCUT2D eigenvalue weighted by Gasteiger charge is -2.27. The van der Waals surface area contributed by atoms with Crippen molar-refractivity contribution in [2.45, 2.75) is 38.8 Å². The van der Waals surface area contributed by atoms with Gasteiger partial charge < -0.3 is 10.6 Å². The van der Waals surface area contributed by atoms with Crippen molar-refractivity contribution >= 4 is 38.2 Å². The van der Waals surface area contributed by atoms with E-state index in [0.717, 1.165) is 39.4 Å². The van der Waals surface area contributed by atoms with E-state index in [-0.39, 0.29) is 12.1 Å². The number of halogens is 1. The summed E-state index contributed by atoms with van der Waals surface area (Å²) in [5, 5.41) is 7.68. The van der Waals surface area contributed by atoms with Crippen LogP contribution in [0.4, 0.5) is 5.00 Å². The van der Waals surface area contributed by atoms with Crippen LogP contribution < -0.4 is 10.6 Å². The van der Waals surface area contributed by atoms with E-state index in [9.17, 15) is 4.79 Å². The lowest BCUT2D eigenvalue weighted by Crippen LogP contribution is -2.38. The lowest BCUT2D eigenvalue weighted by molar-refractivity contribution is 0.0935. The first-order chi connectivity index (χ1) is 11.2. The van der Waals surface area contributed by atoms with Crippen LogP contribution in [0.15, 0.2) is 28.7 Å². The summed E-state index contributed by atoms with van der Waals surface area (Å²) in [4.78, 5) is 14.1. The summed E-state index contributed by atoms with van der Waals surface area (Å²) < 4.78 is 1.04. The number of nitrogens with one attached hydrogen (secondary N) is 2. The molecule has 2 N–H and O–H groups in total. The van der Waals surface area contributed by atoms with Crippen LogP contribution in [0.3, 0.4) is 0 Å². The molecule has 0 saturated carbocycles. The zero-order chi connectivity index (χ0) is 16.0. The number of fused-ring (bicyclic) bond motifs is 3. The maximum Gasteiger partial charge on any atom is 0.256 e. The molecular formula is C18H19BrN2OS. The quantitative estimate of drug-likeness (QED) is 0.766. The van der Waals surface area contributed by atoms with E-state index in [0.29, 0.717) is 0 Å². The van der Waals surface area contributed by atoms with E-state index in [4.69, 9.17) is 0 Å². The summed E-state index contributed by atoms with van der Waals surface area (Å²) in [7, 11) is 0. The fourth-order valence-corrected chi connectivity index (χ4v) is 5.19. The van der Waals surface area contributed by atoms with Crippen molar-refractivity contribution in [3.8, 4) is 0 Å². The fourth-order valence-electron chi connectivity index (χ4n) is 3.54. The van der Waals surface area contributed by atoms with Crippen molar-refractivity contribution in [1.29, 1.82) is 0 Å². The molecule has 0 bridgehead atoms. The van der Waals surface area contributed by atoms with Gasteiger partial charge in [0.2, 0.25) is 0 Å². The molecule has 2 aromatic rings. The van der Waals surface area contributed by atoms with Crippen LogP contribution in [0.5, 0.6) is 0 Å². The zero-order valence-electron chi connectivity index (χ0n) is 13.0. The number of carbonyl (C=O) groups is 1. The van der Waals surface area contributed by atoms with Gasteiger partial charge in [0.15, 0.2) is 0 Å². The number of thiophene rings is 1. The third kappa shape index (κ3) is 2.70. The number of amides is 1. The van der Waals surface area contributed by atoms with Gasteiger partial charge in [0.1, 0.15) is 11.2 Å². The summed E-state index contributed by atoms with van der Waals surface area (Å²) in [5.41, 5.74) is 3.26. The molecule has 3 nitrogen and oxygen atoms in total. The molecule has 120 valence electrons. The minimum atomic E-state index is -0.148. The zero-order valence-corrected chi connectivity index (χ0v) is 15.4. The standard InChI is InChI=1S/C18H19BrN2OS/c1-2-10-3-8-13-14(9-10)23-18-15(13)17(22)20-16(21-18)11-4-6-12(19)7-5-11/h4-7,10,16,21H,2-3,8-9H2,1H3,(H,20,22). The Morgan fingerprint density at radius 2 is 2.04 bits per heavy atom. The first-order valence-corrected chi connectivity index (χ1v) is 9.74. The summed E-state index contributed by atoms with van der Waals surface area (Å²) >= 11 is 5.23. The van der Waals surface area contributed by atoms with Crippen molar-refractivity contribution < 1.29 is 4.79 Å². The van der Waals surface area contributed by atoms with Gasteiger partial charge in [-0.2, -0.15) is 0 Å². The second kappa shape index (κ2) is 5.95. The highest BCUT2D eigenvalue weighted by Crippen LogP contribution is 2.43. The van der Waals surface area contributed by atoms with Crippen LogP contribution in [0, 0.1) is 5.92 Å². The first kappa shape index (κ1) is 15.2. The topological polar surface area (TPSA) is 41.1 Å².